The summed E-state index contributed by atoms with van der Waals surface area (Å²) < 4.78 is 47.7. The lowest BCUT2D eigenvalue weighted by Gasteiger charge is -2.36. The summed E-state index contributed by atoms with van der Waals surface area (Å²) in [4.78, 5) is 16.3. The number of rotatable bonds is 8. The number of para-hydroxylation sites is 1. The van der Waals surface area contributed by atoms with Crippen LogP contribution in [-0.4, -0.2) is 52.0 Å². The molecule has 1 fully saturated rings. The second kappa shape index (κ2) is 10.9. The molecule has 1 aliphatic rings. The Morgan fingerprint density at radius 1 is 0.943 bits per heavy atom. The van der Waals surface area contributed by atoms with Gasteiger partial charge in [0.25, 0.3) is 5.91 Å². The van der Waals surface area contributed by atoms with Gasteiger partial charge in [0, 0.05) is 32.2 Å². The lowest BCUT2D eigenvalue weighted by molar-refractivity contribution is -0.133. The number of hydrogen-bond donors (Lipinski definition) is 1. The molecule has 0 spiro atoms. The van der Waals surface area contributed by atoms with Crippen molar-refractivity contribution in [2.24, 2.45) is 0 Å². The van der Waals surface area contributed by atoms with Crippen molar-refractivity contribution < 1.29 is 22.3 Å². The standard InChI is InChI=1S/C26H28FN3O4S/c1-20(21-7-3-2-4-8-21)28-35(32,33)23-13-11-22(12-14-23)34-19-26(31)30-17-15-29(16-18-30)25-10-6-5-9-24(25)27/h2-14,20,28H,15-19H2,1H3/t20-/m1/s1. The van der Waals surface area contributed by atoms with E-state index in [4.69, 9.17) is 4.74 Å². The van der Waals surface area contributed by atoms with Crippen molar-refractivity contribution >= 4 is 21.6 Å². The van der Waals surface area contributed by atoms with Gasteiger partial charge in [0.2, 0.25) is 10.0 Å². The molecule has 9 heteroatoms. The maximum Gasteiger partial charge on any atom is 0.260 e. The first-order valence-corrected chi connectivity index (χ1v) is 12.9. The number of nitrogens with zero attached hydrogens (tertiary/aromatic N) is 2. The van der Waals surface area contributed by atoms with E-state index in [1.165, 1.54) is 30.3 Å². The molecule has 7 nitrogen and oxygen atoms in total. The molecule has 1 N–H and O–H groups in total. The fraction of sp³-hybridized carbons (Fsp3) is 0.269. The Labute approximate surface area is 205 Å². The Morgan fingerprint density at radius 2 is 1.57 bits per heavy atom. The van der Waals surface area contributed by atoms with Crippen molar-refractivity contribution in [2.75, 3.05) is 37.7 Å². The molecular weight excluding hydrogens is 469 g/mol. The predicted octanol–water partition coefficient (Wildman–Crippen LogP) is 3.59. The number of benzene rings is 3. The summed E-state index contributed by atoms with van der Waals surface area (Å²) in [5.41, 5.74) is 1.41. The zero-order chi connectivity index (χ0) is 24.8. The van der Waals surface area contributed by atoms with Crippen LogP contribution in [0.5, 0.6) is 5.75 Å². The van der Waals surface area contributed by atoms with E-state index in [1.807, 2.05) is 35.2 Å². The summed E-state index contributed by atoms with van der Waals surface area (Å²) in [6.45, 7) is 3.64. The fourth-order valence-corrected chi connectivity index (χ4v) is 5.20. The molecule has 0 bridgehead atoms. The first-order chi connectivity index (χ1) is 16.8. The molecule has 1 saturated heterocycles. The quantitative estimate of drug-likeness (QED) is 0.515. The Kier molecular flexibility index (Phi) is 7.67. The number of amides is 1. The molecule has 1 atom stereocenters. The summed E-state index contributed by atoms with van der Waals surface area (Å²) >= 11 is 0. The summed E-state index contributed by atoms with van der Waals surface area (Å²) in [5.74, 6) is -0.0440. The number of piperazine rings is 1. The van der Waals surface area contributed by atoms with E-state index in [1.54, 1.807) is 30.0 Å². The Balaban J connectivity index is 1.27. The Bertz CT molecular complexity index is 1250. The van der Waals surface area contributed by atoms with Crippen LogP contribution >= 0.6 is 0 Å². The van der Waals surface area contributed by atoms with Crippen LogP contribution in [0.4, 0.5) is 10.1 Å². The highest BCUT2D eigenvalue weighted by Gasteiger charge is 2.23. The van der Waals surface area contributed by atoms with Gasteiger partial charge < -0.3 is 14.5 Å². The maximum absolute atomic E-state index is 14.0. The van der Waals surface area contributed by atoms with Gasteiger partial charge in [-0.2, -0.15) is 0 Å². The van der Waals surface area contributed by atoms with Crippen LogP contribution in [0.1, 0.15) is 18.5 Å². The average molecular weight is 498 g/mol. The fourth-order valence-electron chi connectivity index (χ4n) is 3.97. The number of hydrogen-bond acceptors (Lipinski definition) is 5. The molecule has 35 heavy (non-hydrogen) atoms. The van der Waals surface area contributed by atoms with Gasteiger partial charge in [-0.15, -0.1) is 0 Å². The number of anilines is 1. The monoisotopic (exact) mass is 497 g/mol. The lowest BCUT2D eigenvalue weighted by atomic mass is 10.1. The van der Waals surface area contributed by atoms with Gasteiger partial charge in [-0.3, -0.25) is 4.79 Å². The van der Waals surface area contributed by atoms with Crippen LogP contribution in [0.2, 0.25) is 0 Å². The van der Waals surface area contributed by atoms with Crippen molar-refractivity contribution in [1.29, 1.82) is 0 Å². The second-order valence-corrected chi connectivity index (χ2v) is 10.0. The van der Waals surface area contributed by atoms with E-state index >= 15 is 0 Å². The van der Waals surface area contributed by atoms with Crippen LogP contribution in [0.15, 0.2) is 83.8 Å². The Hall–Kier alpha value is -3.43. The normalized spacial score (nSPS) is 15.0. The van der Waals surface area contributed by atoms with Gasteiger partial charge in [0.15, 0.2) is 6.61 Å². The number of nitrogens with one attached hydrogen (secondary N) is 1. The highest BCUT2D eigenvalue weighted by atomic mass is 32.2. The van der Waals surface area contributed by atoms with Crippen molar-refractivity contribution in [1.82, 2.24) is 9.62 Å². The van der Waals surface area contributed by atoms with E-state index in [-0.39, 0.29) is 29.3 Å². The maximum atomic E-state index is 14.0. The van der Waals surface area contributed by atoms with Gasteiger partial charge in [-0.25, -0.2) is 17.5 Å². The predicted molar refractivity (Wildman–Crippen MR) is 132 cm³/mol. The molecule has 4 rings (SSSR count). The minimum Gasteiger partial charge on any atom is -0.484 e. The molecular formula is C26H28FN3O4S. The molecule has 1 heterocycles. The van der Waals surface area contributed by atoms with E-state index in [0.717, 1.165) is 5.56 Å². The van der Waals surface area contributed by atoms with Crippen LogP contribution in [0.25, 0.3) is 0 Å². The highest BCUT2D eigenvalue weighted by Crippen LogP contribution is 2.21. The second-order valence-electron chi connectivity index (χ2n) is 8.33. The average Bonchev–Trinajstić information content (AvgIpc) is 2.88. The number of sulfonamides is 1. The molecule has 1 aliphatic heterocycles. The zero-order valence-corrected chi connectivity index (χ0v) is 20.2. The van der Waals surface area contributed by atoms with Crippen LogP contribution < -0.4 is 14.4 Å². The minimum absolute atomic E-state index is 0.114. The summed E-state index contributed by atoms with van der Waals surface area (Å²) in [5, 5.41) is 0. The minimum atomic E-state index is -3.72. The van der Waals surface area contributed by atoms with Gasteiger partial charge in [-0.05, 0) is 48.9 Å². The van der Waals surface area contributed by atoms with Crippen LogP contribution in [-0.2, 0) is 14.8 Å². The molecule has 0 aromatic heterocycles. The van der Waals surface area contributed by atoms with E-state index in [0.29, 0.717) is 37.6 Å². The molecule has 184 valence electrons. The van der Waals surface area contributed by atoms with E-state index < -0.39 is 10.0 Å². The largest absolute Gasteiger partial charge is 0.484 e. The van der Waals surface area contributed by atoms with Crippen molar-refractivity contribution in [3.8, 4) is 5.75 Å². The Morgan fingerprint density at radius 3 is 2.23 bits per heavy atom. The zero-order valence-electron chi connectivity index (χ0n) is 19.4. The van der Waals surface area contributed by atoms with Crippen LogP contribution in [0.3, 0.4) is 0 Å². The number of ether oxygens (including phenoxy) is 1. The smallest absolute Gasteiger partial charge is 0.260 e. The van der Waals surface area contributed by atoms with E-state index in [9.17, 15) is 17.6 Å². The van der Waals surface area contributed by atoms with Gasteiger partial charge in [0.05, 0.1) is 10.6 Å². The van der Waals surface area contributed by atoms with E-state index in [2.05, 4.69) is 4.72 Å². The summed E-state index contributed by atoms with van der Waals surface area (Å²) in [6.07, 6.45) is 0. The topological polar surface area (TPSA) is 78.9 Å². The molecule has 0 radical (unpaired) electrons. The number of carbonyl (C=O) groups excluding carboxylic acids is 1. The third-order valence-corrected chi connectivity index (χ3v) is 7.51. The van der Waals surface area contributed by atoms with Crippen molar-refractivity contribution in [2.45, 2.75) is 17.9 Å². The first-order valence-electron chi connectivity index (χ1n) is 11.4. The van der Waals surface area contributed by atoms with Gasteiger partial charge in [-0.1, -0.05) is 42.5 Å². The third kappa shape index (κ3) is 6.17. The van der Waals surface area contributed by atoms with Gasteiger partial charge in [0.1, 0.15) is 11.6 Å². The molecule has 1 amide bonds. The first kappa shape index (κ1) is 24.7. The molecule has 3 aromatic carbocycles. The number of halogens is 1. The lowest BCUT2D eigenvalue weighted by Crippen LogP contribution is -2.50. The molecule has 0 aliphatic carbocycles. The van der Waals surface area contributed by atoms with Crippen molar-refractivity contribution in [3.05, 3.63) is 90.2 Å². The number of carbonyl (C=O) groups is 1. The van der Waals surface area contributed by atoms with Crippen molar-refractivity contribution in [3.63, 3.8) is 0 Å². The van der Waals surface area contributed by atoms with Gasteiger partial charge >= 0.3 is 0 Å². The summed E-state index contributed by atoms with van der Waals surface area (Å²) in [7, 11) is -3.72. The van der Waals surface area contributed by atoms with Crippen LogP contribution in [0, 0.1) is 5.82 Å². The SMILES string of the molecule is C[C@@H](NS(=O)(=O)c1ccc(OCC(=O)N2CCN(c3ccccc3F)CC2)cc1)c1ccccc1. The molecule has 0 saturated carbocycles. The highest BCUT2D eigenvalue weighted by molar-refractivity contribution is 7.89. The third-order valence-electron chi connectivity index (χ3n) is 5.95. The summed E-state index contributed by atoms with van der Waals surface area (Å²) in [6, 6.07) is 21.5. The molecule has 0 unspecified atom stereocenters. The molecule has 3 aromatic rings.